The van der Waals surface area contributed by atoms with Gasteiger partial charge in [-0.3, -0.25) is 4.79 Å². The number of nitrogens with zero attached hydrogens (tertiary/aromatic N) is 3. The van der Waals surface area contributed by atoms with Gasteiger partial charge < -0.3 is 9.80 Å². The Morgan fingerprint density at radius 2 is 2.05 bits per heavy atom. The van der Waals surface area contributed by atoms with Crippen molar-refractivity contribution in [2.24, 2.45) is 0 Å². The second-order valence-corrected chi connectivity index (χ2v) is 5.70. The summed E-state index contributed by atoms with van der Waals surface area (Å²) in [6, 6.07) is 8.16. The van der Waals surface area contributed by atoms with E-state index in [2.05, 4.69) is 34.0 Å². The monoisotopic (exact) mass is 293 g/mol. The molecule has 0 bridgehead atoms. The molecule has 98 valence electrons. The SMILES string of the molecule is CN1CCN(c2nc(Cl)c(C=O)s2)c2ccccc21. The van der Waals surface area contributed by atoms with Gasteiger partial charge in [-0.2, -0.15) is 0 Å². The van der Waals surface area contributed by atoms with E-state index in [0.29, 0.717) is 4.88 Å². The second-order valence-electron chi connectivity index (χ2n) is 4.33. The van der Waals surface area contributed by atoms with Crippen LogP contribution >= 0.6 is 22.9 Å². The van der Waals surface area contributed by atoms with Gasteiger partial charge in [-0.25, -0.2) is 4.98 Å². The topological polar surface area (TPSA) is 36.4 Å². The maximum atomic E-state index is 10.9. The number of para-hydroxylation sites is 2. The third kappa shape index (κ3) is 2.09. The van der Waals surface area contributed by atoms with Crippen molar-refractivity contribution in [3.63, 3.8) is 0 Å². The molecular formula is C13H12ClN3OS. The van der Waals surface area contributed by atoms with E-state index in [1.807, 2.05) is 12.1 Å². The fourth-order valence-electron chi connectivity index (χ4n) is 2.20. The molecule has 0 unspecified atom stereocenters. The number of likely N-dealkylation sites (N-methyl/N-ethyl adjacent to an activating group) is 1. The van der Waals surface area contributed by atoms with Crippen LogP contribution in [0.3, 0.4) is 0 Å². The van der Waals surface area contributed by atoms with Crippen molar-refractivity contribution >= 4 is 45.7 Å². The fraction of sp³-hybridized carbons (Fsp3) is 0.231. The van der Waals surface area contributed by atoms with E-state index in [1.165, 1.54) is 11.3 Å². The van der Waals surface area contributed by atoms with Gasteiger partial charge in [0.15, 0.2) is 16.6 Å². The Morgan fingerprint density at radius 3 is 2.74 bits per heavy atom. The standard InChI is InChI=1S/C13H12ClN3OS/c1-16-6-7-17(10-5-3-2-4-9(10)16)13-15-12(14)11(8-18)19-13/h2-5,8H,6-7H2,1H3. The Labute approximate surface area is 120 Å². The number of aromatic nitrogens is 1. The largest absolute Gasteiger partial charge is 0.371 e. The average Bonchev–Trinajstić information content (AvgIpc) is 2.80. The summed E-state index contributed by atoms with van der Waals surface area (Å²) in [6.07, 6.45) is 0.755. The fourth-order valence-corrected chi connectivity index (χ4v) is 3.30. The van der Waals surface area contributed by atoms with Gasteiger partial charge in [-0.15, -0.1) is 0 Å². The van der Waals surface area contributed by atoms with Crippen molar-refractivity contribution in [1.29, 1.82) is 0 Å². The summed E-state index contributed by atoms with van der Waals surface area (Å²) in [5.74, 6) is 0. The molecule has 1 aliphatic rings. The van der Waals surface area contributed by atoms with Crippen molar-refractivity contribution in [1.82, 2.24) is 4.98 Å². The minimum absolute atomic E-state index is 0.284. The highest BCUT2D eigenvalue weighted by molar-refractivity contribution is 7.17. The molecule has 1 aromatic carbocycles. The number of fused-ring (bicyclic) bond motifs is 1. The number of anilines is 3. The van der Waals surface area contributed by atoms with Crippen LogP contribution in [0.15, 0.2) is 24.3 Å². The Hall–Kier alpha value is -1.59. The van der Waals surface area contributed by atoms with Crippen LogP contribution in [0.4, 0.5) is 16.5 Å². The van der Waals surface area contributed by atoms with E-state index in [1.54, 1.807) is 0 Å². The predicted molar refractivity (Wildman–Crippen MR) is 79.2 cm³/mol. The number of rotatable bonds is 2. The predicted octanol–water partition coefficient (Wildman–Crippen LogP) is 3.20. The summed E-state index contributed by atoms with van der Waals surface area (Å²) in [4.78, 5) is 20.0. The molecule has 0 fully saturated rings. The first-order chi connectivity index (χ1) is 9.20. The minimum atomic E-state index is 0.284. The van der Waals surface area contributed by atoms with Crippen LogP contribution in [0.5, 0.6) is 0 Å². The number of halogens is 1. The van der Waals surface area contributed by atoms with Gasteiger partial charge in [0.2, 0.25) is 0 Å². The lowest BCUT2D eigenvalue weighted by molar-refractivity contribution is 0.112. The molecule has 0 saturated heterocycles. The minimum Gasteiger partial charge on any atom is -0.371 e. The van der Waals surface area contributed by atoms with Crippen LogP contribution in [0, 0.1) is 0 Å². The molecule has 1 aromatic heterocycles. The molecule has 4 nitrogen and oxygen atoms in total. The van der Waals surface area contributed by atoms with Gasteiger partial charge >= 0.3 is 0 Å². The van der Waals surface area contributed by atoms with E-state index >= 15 is 0 Å². The quantitative estimate of drug-likeness (QED) is 0.797. The first kappa shape index (κ1) is 12.4. The van der Waals surface area contributed by atoms with Gasteiger partial charge in [0, 0.05) is 20.1 Å². The summed E-state index contributed by atoms with van der Waals surface area (Å²) in [5, 5.41) is 1.05. The van der Waals surface area contributed by atoms with Crippen molar-refractivity contribution in [2.45, 2.75) is 0 Å². The molecule has 6 heteroatoms. The molecule has 1 aliphatic heterocycles. The third-order valence-electron chi connectivity index (χ3n) is 3.18. The highest BCUT2D eigenvalue weighted by Crippen LogP contribution is 2.39. The number of hydrogen-bond donors (Lipinski definition) is 0. The highest BCUT2D eigenvalue weighted by atomic mass is 35.5. The number of benzene rings is 1. The number of thiazole rings is 1. The molecule has 0 aliphatic carbocycles. The summed E-state index contributed by atoms with van der Waals surface area (Å²) in [5.41, 5.74) is 2.26. The molecule has 2 heterocycles. The summed E-state index contributed by atoms with van der Waals surface area (Å²) >= 11 is 7.28. The number of hydrogen-bond acceptors (Lipinski definition) is 5. The Kier molecular flexibility index (Phi) is 3.16. The lowest BCUT2D eigenvalue weighted by atomic mass is 10.2. The van der Waals surface area contributed by atoms with Crippen LogP contribution in [0.2, 0.25) is 5.15 Å². The molecule has 0 amide bonds. The van der Waals surface area contributed by atoms with Crippen molar-refractivity contribution in [3.8, 4) is 0 Å². The molecule has 0 radical (unpaired) electrons. The summed E-state index contributed by atoms with van der Waals surface area (Å²) < 4.78 is 0. The zero-order valence-electron chi connectivity index (χ0n) is 10.3. The summed E-state index contributed by atoms with van der Waals surface area (Å²) in [7, 11) is 2.07. The zero-order chi connectivity index (χ0) is 13.4. The molecule has 0 spiro atoms. The highest BCUT2D eigenvalue weighted by Gasteiger charge is 2.24. The Morgan fingerprint density at radius 1 is 1.32 bits per heavy atom. The molecule has 0 saturated carbocycles. The van der Waals surface area contributed by atoms with E-state index in [0.717, 1.165) is 35.9 Å². The van der Waals surface area contributed by atoms with E-state index in [4.69, 9.17) is 11.6 Å². The number of carbonyl (C=O) groups is 1. The van der Waals surface area contributed by atoms with Crippen LogP contribution in [-0.4, -0.2) is 31.4 Å². The molecule has 0 atom stereocenters. The van der Waals surface area contributed by atoms with E-state index in [-0.39, 0.29) is 5.15 Å². The first-order valence-electron chi connectivity index (χ1n) is 5.90. The molecule has 3 rings (SSSR count). The Bertz CT molecular complexity index is 628. The molecule has 0 N–H and O–H groups in total. The summed E-state index contributed by atoms with van der Waals surface area (Å²) in [6.45, 7) is 1.74. The van der Waals surface area contributed by atoms with Gasteiger partial charge in [0.05, 0.1) is 11.4 Å². The number of carbonyl (C=O) groups excluding carboxylic acids is 1. The van der Waals surface area contributed by atoms with Crippen LogP contribution in [0.1, 0.15) is 9.67 Å². The van der Waals surface area contributed by atoms with Gasteiger partial charge in [-0.1, -0.05) is 35.1 Å². The Balaban J connectivity index is 2.06. The lowest BCUT2D eigenvalue weighted by Crippen LogP contribution is -2.36. The van der Waals surface area contributed by atoms with Crippen molar-refractivity contribution in [2.75, 3.05) is 29.9 Å². The van der Waals surface area contributed by atoms with Crippen LogP contribution in [0.25, 0.3) is 0 Å². The van der Waals surface area contributed by atoms with Crippen LogP contribution in [-0.2, 0) is 0 Å². The molecular weight excluding hydrogens is 282 g/mol. The van der Waals surface area contributed by atoms with Crippen molar-refractivity contribution in [3.05, 3.63) is 34.3 Å². The van der Waals surface area contributed by atoms with Crippen LogP contribution < -0.4 is 9.80 Å². The molecule has 19 heavy (non-hydrogen) atoms. The normalized spacial score (nSPS) is 14.4. The average molecular weight is 294 g/mol. The maximum Gasteiger partial charge on any atom is 0.192 e. The van der Waals surface area contributed by atoms with E-state index in [9.17, 15) is 4.79 Å². The lowest BCUT2D eigenvalue weighted by Gasteiger charge is -2.35. The van der Waals surface area contributed by atoms with Crippen molar-refractivity contribution < 1.29 is 4.79 Å². The zero-order valence-corrected chi connectivity index (χ0v) is 11.9. The van der Waals surface area contributed by atoms with Gasteiger partial charge in [0.25, 0.3) is 0 Å². The van der Waals surface area contributed by atoms with Gasteiger partial charge in [0.1, 0.15) is 4.88 Å². The van der Waals surface area contributed by atoms with E-state index < -0.39 is 0 Å². The second kappa shape index (κ2) is 4.83. The third-order valence-corrected chi connectivity index (χ3v) is 4.58. The maximum absolute atomic E-state index is 10.9. The molecule has 2 aromatic rings. The smallest absolute Gasteiger partial charge is 0.192 e. The number of aldehydes is 1. The van der Waals surface area contributed by atoms with Gasteiger partial charge in [-0.05, 0) is 12.1 Å². The first-order valence-corrected chi connectivity index (χ1v) is 7.09.